The zero-order chi connectivity index (χ0) is 10.8. The molecule has 1 aromatic heterocycles. The van der Waals surface area contributed by atoms with E-state index in [2.05, 4.69) is 10.4 Å². The van der Waals surface area contributed by atoms with Crippen molar-refractivity contribution in [3.05, 3.63) is 12.3 Å². The Bertz CT molecular complexity index is 327. The summed E-state index contributed by atoms with van der Waals surface area (Å²) in [6.07, 6.45) is 1.82. The molecular weight excluding hydrogens is 202 g/mol. The molecule has 0 saturated carbocycles. The number of hydrogen-bond donors (Lipinski definition) is 1. The van der Waals surface area contributed by atoms with Crippen molar-refractivity contribution in [2.75, 3.05) is 11.2 Å². The Morgan fingerprint density at radius 1 is 1.64 bits per heavy atom. The van der Waals surface area contributed by atoms with E-state index >= 15 is 0 Å². The molecule has 0 aromatic carbocycles. The predicted octanol–water partition coefficient (Wildman–Crippen LogP) is 1.82. The van der Waals surface area contributed by atoms with E-state index in [-0.39, 0.29) is 17.3 Å². The maximum Gasteiger partial charge on any atom is 0.240 e. The number of nitrogens with one attached hydrogen (secondary N) is 1. The fourth-order valence-corrected chi connectivity index (χ4v) is 1.01. The molecule has 0 unspecified atom stereocenters. The first kappa shape index (κ1) is 11.0. The van der Waals surface area contributed by atoms with Crippen LogP contribution in [0.25, 0.3) is 0 Å². The number of nitrogens with zero attached hydrogens (tertiary/aromatic N) is 2. The lowest BCUT2D eigenvalue weighted by atomic mass is 10.1. The van der Waals surface area contributed by atoms with Crippen LogP contribution in [0.1, 0.15) is 20.8 Å². The molecule has 4 nitrogen and oxygen atoms in total. The van der Waals surface area contributed by atoms with Crippen molar-refractivity contribution in [2.24, 2.45) is 0 Å². The second kappa shape index (κ2) is 4.00. The average molecular weight is 216 g/mol. The average Bonchev–Trinajstić information content (AvgIpc) is 2.51. The highest BCUT2D eigenvalue weighted by atomic mass is 35.5. The molecule has 1 N–H and O–H groups in total. The van der Waals surface area contributed by atoms with E-state index in [1.54, 1.807) is 10.7 Å². The third-order valence-electron chi connectivity index (χ3n) is 1.67. The number of aromatic nitrogens is 2. The van der Waals surface area contributed by atoms with Crippen LogP contribution < -0.4 is 5.32 Å². The summed E-state index contributed by atoms with van der Waals surface area (Å²) < 4.78 is 1.79. The Labute approximate surface area is 88.2 Å². The van der Waals surface area contributed by atoms with Gasteiger partial charge in [-0.2, -0.15) is 5.10 Å². The summed E-state index contributed by atoms with van der Waals surface area (Å²) in [4.78, 5) is 10.9. The molecule has 14 heavy (non-hydrogen) atoms. The minimum absolute atomic E-state index is 0.0532. The van der Waals surface area contributed by atoms with Gasteiger partial charge in [-0.05, 0) is 20.8 Å². The third kappa shape index (κ3) is 2.73. The van der Waals surface area contributed by atoms with Crippen LogP contribution in [-0.2, 0) is 10.3 Å². The molecule has 1 amide bonds. The molecule has 0 aliphatic rings. The molecule has 1 rings (SSSR count). The van der Waals surface area contributed by atoms with Gasteiger partial charge in [-0.1, -0.05) is 0 Å². The Kier molecular flexibility index (Phi) is 3.16. The van der Waals surface area contributed by atoms with Crippen molar-refractivity contribution in [1.29, 1.82) is 0 Å². The van der Waals surface area contributed by atoms with Crippen molar-refractivity contribution >= 4 is 23.3 Å². The molecule has 0 aliphatic carbocycles. The number of alkyl halides is 1. The van der Waals surface area contributed by atoms with Crippen LogP contribution in [0.2, 0.25) is 0 Å². The molecule has 0 saturated heterocycles. The second-order valence-corrected chi connectivity index (χ2v) is 4.27. The van der Waals surface area contributed by atoms with Gasteiger partial charge in [0.15, 0.2) is 5.82 Å². The third-order valence-corrected chi connectivity index (χ3v) is 1.91. The topological polar surface area (TPSA) is 46.9 Å². The zero-order valence-electron chi connectivity index (χ0n) is 8.54. The fraction of sp³-hybridized carbons (Fsp3) is 0.556. The standard InChI is InChI=1S/C9H14ClN3O/c1-9(2,3)13-5-4-7(12-13)11-8(14)6-10/h4-5H,6H2,1-3H3,(H,11,12,14). The highest BCUT2D eigenvalue weighted by Crippen LogP contribution is 2.14. The highest BCUT2D eigenvalue weighted by Gasteiger charge is 2.14. The van der Waals surface area contributed by atoms with Gasteiger partial charge in [0.05, 0.1) is 5.54 Å². The van der Waals surface area contributed by atoms with E-state index in [4.69, 9.17) is 11.6 Å². The molecule has 0 fully saturated rings. The van der Waals surface area contributed by atoms with Crippen molar-refractivity contribution in [3.63, 3.8) is 0 Å². The molecule has 1 aromatic rings. The highest BCUT2D eigenvalue weighted by molar-refractivity contribution is 6.28. The number of carbonyl (C=O) groups is 1. The Hall–Kier alpha value is -1.03. The van der Waals surface area contributed by atoms with Gasteiger partial charge in [-0.25, -0.2) is 0 Å². The minimum Gasteiger partial charge on any atom is -0.308 e. The SMILES string of the molecule is CC(C)(C)n1ccc(NC(=O)CCl)n1. The van der Waals surface area contributed by atoms with Crippen molar-refractivity contribution in [2.45, 2.75) is 26.3 Å². The number of hydrogen-bond acceptors (Lipinski definition) is 2. The first-order valence-electron chi connectivity index (χ1n) is 4.35. The van der Waals surface area contributed by atoms with Crippen LogP contribution in [0.15, 0.2) is 12.3 Å². The molecule has 5 heteroatoms. The summed E-state index contributed by atoms with van der Waals surface area (Å²) in [5.41, 5.74) is -0.0794. The second-order valence-electron chi connectivity index (χ2n) is 4.00. The Morgan fingerprint density at radius 2 is 2.29 bits per heavy atom. The minimum atomic E-state index is -0.245. The maximum absolute atomic E-state index is 10.9. The molecule has 1 heterocycles. The van der Waals surface area contributed by atoms with Crippen LogP contribution in [0.5, 0.6) is 0 Å². The van der Waals surface area contributed by atoms with Gasteiger partial charge in [-0.15, -0.1) is 11.6 Å². The maximum atomic E-state index is 10.9. The van der Waals surface area contributed by atoms with Gasteiger partial charge in [0.2, 0.25) is 5.91 Å². The van der Waals surface area contributed by atoms with Crippen molar-refractivity contribution < 1.29 is 4.79 Å². The van der Waals surface area contributed by atoms with Crippen LogP contribution in [0, 0.1) is 0 Å². The summed E-state index contributed by atoms with van der Waals surface area (Å²) in [5, 5.41) is 6.78. The van der Waals surface area contributed by atoms with Crippen molar-refractivity contribution in [1.82, 2.24) is 9.78 Å². The summed E-state index contributed by atoms with van der Waals surface area (Å²) in [6, 6.07) is 1.75. The van der Waals surface area contributed by atoms with E-state index in [0.29, 0.717) is 5.82 Å². The molecule has 0 spiro atoms. The fourth-order valence-electron chi connectivity index (χ4n) is 0.940. The number of amides is 1. The van der Waals surface area contributed by atoms with Gasteiger partial charge in [-0.3, -0.25) is 9.48 Å². The monoisotopic (exact) mass is 215 g/mol. The van der Waals surface area contributed by atoms with E-state index in [0.717, 1.165) is 0 Å². The molecule has 0 aliphatic heterocycles. The van der Waals surface area contributed by atoms with E-state index < -0.39 is 0 Å². The Morgan fingerprint density at radius 3 is 2.71 bits per heavy atom. The number of carbonyl (C=O) groups excluding carboxylic acids is 1. The quantitative estimate of drug-likeness (QED) is 0.765. The number of anilines is 1. The summed E-state index contributed by atoms with van der Waals surface area (Å²) in [7, 11) is 0. The first-order valence-corrected chi connectivity index (χ1v) is 4.89. The van der Waals surface area contributed by atoms with E-state index in [9.17, 15) is 4.79 Å². The zero-order valence-corrected chi connectivity index (χ0v) is 9.30. The largest absolute Gasteiger partial charge is 0.308 e. The van der Waals surface area contributed by atoms with Crippen LogP contribution in [0.3, 0.4) is 0 Å². The summed E-state index contributed by atoms with van der Waals surface area (Å²) in [5.74, 6) is 0.235. The summed E-state index contributed by atoms with van der Waals surface area (Å²) >= 11 is 5.35. The lowest BCUT2D eigenvalue weighted by molar-refractivity contribution is -0.113. The smallest absolute Gasteiger partial charge is 0.240 e. The number of rotatable bonds is 2. The van der Waals surface area contributed by atoms with Gasteiger partial charge >= 0.3 is 0 Å². The van der Waals surface area contributed by atoms with Crippen LogP contribution in [-0.4, -0.2) is 21.6 Å². The van der Waals surface area contributed by atoms with Gasteiger partial charge in [0.1, 0.15) is 5.88 Å². The van der Waals surface area contributed by atoms with Crippen LogP contribution in [0.4, 0.5) is 5.82 Å². The van der Waals surface area contributed by atoms with Crippen molar-refractivity contribution in [3.8, 4) is 0 Å². The van der Waals surface area contributed by atoms with E-state index in [1.165, 1.54) is 0 Å². The normalized spacial score (nSPS) is 11.4. The van der Waals surface area contributed by atoms with Crippen LogP contribution >= 0.6 is 11.6 Å². The Balaban J connectivity index is 2.74. The lowest BCUT2D eigenvalue weighted by Crippen LogP contribution is -2.22. The van der Waals surface area contributed by atoms with Gasteiger partial charge in [0, 0.05) is 12.3 Å². The predicted molar refractivity (Wildman–Crippen MR) is 56.6 cm³/mol. The van der Waals surface area contributed by atoms with Gasteiger partial charge in [0.25, 0.3) is 0 Å². The molecule has 0 atom stereocenters. The number of halogens is 1. The first-order chi connectivity index (χ1) is 6.43. The van der Waals surface area contributed by atoms with Gasteiger partial charge < -0.3 is 5.32 Å². The lowest BCUT2D eigenvalue weighted by Gasteiger charge is -2.18. The van der Waals surface area contributed by atoms with E-state index in [1.807, 2.05) is 27.0 Å². The molecule has 0 bridgehead atoms. The summed E-state index contributed by atoms with van der Waals surface area (Å²) in [6.45, 7) is 6.10. The molecular formula is C9H14ClN3O. The molecule has 0 radical (unpaired) electrons. The molecule has 78 valence electrons.